The van der Waals surface area contributed by atoms with Gasteiger partial charge >= 0.3 is 5.97 Å². The first-order valence-electron chi connectivity index (χ1n) is 6.56. The minimum Gasteiger partial charge on any atom is -0.468 e. The van der Waals surface area contributed by atoms with E-state index in [-0.39, 0.29) is 14.9 Å². The van der Waals surface area contributed by atoms with Gasteiger partial charge in [-0.15, -0.1) is 0 Å². The summed E-state index contributed by atoms with van der Waals surface area (Å²) in [5.74, 6) is -0.698. The SMILES string of the molecule is COC(=O)CN(c1ccccc1I)S(=O)(=O)c1cc(Cl)ccc1Cl. The van der Waals surface area contributed by atoms with Crippen LogP contribution in [0.15, 0.2) is 47.4 Å². The molecule has 0 fully saturated rings. The first-order chi connectivity index (χ1) is 11.3. The van der Waals surface area contributed by atoms with E-state index in [2.05, 4.69) is 4.74 Å². The minimum atomic E-state index is -4.12. The number of anilines is 1. The molecule has 0 spiro atoms. The molecule has 0 saturated heterocycles. The second kappa shape index (κ2) is 7.90. The zero-order valence-corrected chi connectivity index (χ0v) is 16.9. The number of halogens is 3. The number of ether oxygens (including phenoxy) is 1. The second-order valence-electron chi connectivity index (χ2n) is 4.61. The molecule has 2 rings (SSSR count). The molecule has 0 bridgehead atoms. The number of benzene rings is 2. The lowest BCUT2D eigenvalue weighted by molar-refractivity contribution is -0.138. The van der Waals surface area contributed by atoms with Crippen LogP contribution in [0.4, 0.5) is 5.69 Å². The summed E-state index contributed by atoms with van der Waals surface area (Å²) in [4.78, 5) is 11.6. The Morgan fingerprint density at radius 2 is 1.88 bits per heavy atom. The molecular formula is C15H12Cl2INO4S. The van der Waals surface area contributed by atoms with Gasteiger partial charge in [0.1, 0.15) is 11.4 Å². The number of sulfonamides is 1. The molecule has 0 aliphatic rings. The van der Waals surface area contributed by atoms with Gasteiger partial charge in [0.15, 0.2) is 0 Å². The van der Waals surface area contributed by atoms with Crippen LogP contribution >= 0.6 is 45.8 Å². The molecule has 0 unspecified atom stereocenters. The maximum absolute atomic E-state index is 13.1. The molecule has 5 nitrogen and oxygen atoms in total. The van der Waals surface area contributed by atoms with Crippen molar-refractivity contribution in [2.45, 2.75) is 4.90 Å². The number of carbonyl (C=O) groups excluding carboxylic acids is 1. The van der Waals surface area contributed by atoms with Crippen LogP contribution in [0.5, 0.6) is 0 Å². The summed E-state index contributed by atoms with van der Waals surface area (Å²) < 4.78 is 32.4. The van der Waals surface area contributed by atoms with Gasteiger partial charge in [-0.3, -0.25) is 9.10 Å². The van der Waals surface area contributed by atoms with Crippen LogP contribution in [-0.4, -0.2) is 28.0 Å². The van der Waals surface area contributed by atoms with Gasteiger partial charge in [0, 0.05) is 8.59 Å². The summed E-state index contributed by atoms with van der Waals surface area (Å²) in [7, 11) is -2.93. The molecule has 0 radical (unpaired) electrons. The van der Waals surface area contributed by atoms with Gasteiger partial charge in [-0.2, -0.15) is 0 Å². The van der Waals surface area contributed by atoms with Gasteiger partial charge in [0.25, 0.3) is 10.0 Å². The number of hydrogen-bond acceptors (Lipinski definition) is 4. The van der Waals surface area contributed by atoms with E-state index in [1.54, 1.807) is 24.3 Å². The van der Waals surface area contributed by atoms with Crippen molar-refractivity contribution >= 4 is 67.5 Å². The number of carbonyl (C=O) groups is 1. The van der Waals surface area contributed by atoms with E-state index >= 15 is 0 Å². The maximum atomic E-state index is 13.1. The Labute approximate surface area is 163 Å². The van der Waals surface area contributed by atoms with E-state index in [1.165, 1.54) is 25.3 Å². The van der Waals surface area contributed by atoms with Crippen LogP contribution in [0, 0.1) is 3.57 Å². The fraction of sp³-hybridized carbons (Fsp3) is 0.133. The van der Waals surface area contributed by atoms with Crippen molar-refractivity contribution in [1.82, 2.24) is 0 Å². The number of para-hydroxylation sites is 1. The Kier molecular flexibility index (Phi) is 6.35. The van der Waals surface area contributed by atoms with Gasteiger partial charge in [-0.25, -0.2) is 8.42 Å². The van der Waals surface area contributed by atoms with Crippen LogP contribution in [0.25, 0.3) is 0 Å². The Morgan fingerprint density at radius 3 is 2.50 bits per heavy atom. The standard InChI is InChI=1S/C15H12Cl2INO4S/c1-23-15(20)9-19(13-5-3-2-4-12(13)18)24(21,22)14-8-10(16)6-7-11(14)17/h2-8H,9H2,1H3. The molecule has 0 heterocycles. The first kappa shape index (κ1) is 19.3. The van der Waals surface area contributed by atoms with E-state index in [1.807, 2.05) is 22.6 Å². The van der Waals surface area contributed by atoms with Crippen molar-refractivity contribution in [3.63, 3.8) is 0 Å². The van der Waals surface area contributed by atoms with E-state index in [0.29, 0.717) is 9.26 Å². The molecule has 9 heteroatoms. The number of hydrogen-bond donors (Lipinski definition) is 0. The quantitative estimate of drug-likeness (QED) is 0.461. The summed E-state index contributed by atoms with van der Waals surface area (Å²) in [6.07, 6.45) is 0. The predicted octanol–water partition coefficient (Wildman–Crippen LogP) is 3.97. The van der Waals surface area contributed by atoms with E-state index in [9.17, 15) is 13.2 Å². The molecule has 0 N–H and O–H groups in total. The average molecular weight is 500 g/mol. The van der Waals surface area contributed by atoms with Crippen molar-refractivity contribution in [1.29, 1.82) is 0 Å². The fourth-order valence-electron chi connectivity index (χ4n) is 1.93. The molecule has 0 aliphatic carbocycles. The molecular weight excluding hydrogens is 488 g/mol. The Balaban J connectivity index is 2.64. The molecule has 2 aromatic carbocycles. The van der Waals surface area contributed by atoms with Crippen LogP contribution in [0.2, 0.25) is 10.0 Å². The molecule has 0 amide bonds. The Bertz CT molecular complexity index is 874. The molecule has 24 heavy (non-hydrogen) atoms. The third-order valence-corrected chi connectivity index (χ3v) is 6.47. The first-order valence-corrected chi connectivity index (χ1v) is 9.84. The summed E-state index contributed by atoms with van der Waals surface area (Å²) in [6, 6.07) is 10.9. The number of esters is 1. The van der Waals surface area contributed by atoms with Gasteiger partial charge in [-0.05, 0) is 52.9 Å². The van der Waals surface area contributed by atoms with Gasteiger partial charge < -0.3 is 4.74 Å². The lowest BCUT2D eigenvalue weighted by Gasteiger charge is -2.25. The summed E-state index contributed by atoms with van der Waals surface area (Å²) in [5.41, 5.74) is 0.347. The fourth-order valence-corrected chi connectivity index (χ4v) is 4.94. The molecule has 0 atom stereocenters. The van der Waals surface area contributed by atoms with E-state index < -0.39 is 22.5 Å². The monoisotopic (exact) mass is 499 g/mol. The van der Waals surface area contributed by atoms with Crippen molar-refractivity contribution in [3.05, 3.63) is 56.1 Å². The average Bonchev–Trinajstić information content (AvgIpc) is 2.55. The molecule has 0 saturated carbocycles. The second-order valence-corrected chi connectivity index (χ2v) is 8.45. The van der Waals surface area contributed by atoms with Crippen LogP contribution in [-0.2, 0) is 19.6 Å². The summed E-state index contributed by atoms with van der Waals surface area (Å²) >= 11 is 13.9. The summed E-state index contributed by atoms with van der Waals surface area (Å²) in [6.45, 7) is -0.484. The highest BCUT2D eigenvalue weighted by Gasteiger charge is 2.30. The van der Waals surface area contributed by atoms with Gasteiger partial charge in [0.05, 0.1) is 17.8 Å². The largest absolute Gasteiger partial charge is 0.468 e. The van der Waals surface area contributed by atoms with E-state index in [4.69, 9.17) is 23.2 Å². The van der Waals surface area contributed by atoms with Crippen molar-refractivity contribution in [2.75, 3.05) is 18.0 Å². The van der Waals surface area contributed by atoms with Crippen molar-refractivity contribution < 1.29 is 17.9 Å². The van der Waals surface area contributed by atoms with E-state index in [0.717, 1.165) is 4.31 Å². The number of methoxy groups -OCH3 is 1. The molecule has 0 aromatic heterocycles. The van der Waals surface area contributed by atoms with Crippen molar-refractivity contribution in [2.24, 2.45) is 0 Å². The zero-order chi connectivity index (χ0) is 17.9. The highest BCUT2D eigenvalue weighted by molar-refractivity contribution is 14.1. The lowest BCUT2D eigenvalue weighted by Crippen LogP contribution is -2.37. The predicted molar refractivity (Wildman–Crippen MR) is 102 cm³/mol. The van der Waals surface area contributed by atoms with Crippen molar-refractivity contribution in [3.8, 4) is 0 Å². The Hall–Kier alpha value is -1.03. The maximum Gasteiger partial charge on any atom is 0.326 e. The molecule has 0 aliphatic heterocycles. The number of nitrogens with zero attached hydrogens (tertiary/aromatic N) is 1. The topological polar surface area (TPSA) is 63.7 Å². The third-order valence-electron chi connectivity index (χ3n) is 3.08. The normalized spacial score (nSPS) is 11.2. The third kappa shape index (κ3) is 4.14. The highest BCUT2D eigenvalue weighted by Crippen LogP contribution is 2.32. The van der Waals surface area contributed by atoms with Gasteiger partial charge in [-0.1, -0.05) is 35.3 Å². The Morgan fingerprint density at radius 1 is 1.21 bits per heavy atom. The molecule has 128 valence electrons. The highest BCUT2D eigenvalue weighted by atomic mass is 127. The molecule has 2 aromatic rings. The van der Waals surface area contributed by atoms with Crippen LogP contribution in [0.1, 0.15) is 0 Å². The van der Waals surface area contributed by atoms with Gasteiger partial charge in [0.2, 0.25) is 0 Å². The smallest absolute Gasteiger partial charge is 0.326 e. The number of rotatable bonds is 5. The van der Waals surface area contributed by atoms with Crippen LogP contribution < -0.4 is 4.31 Å². The lowest BCUT2D eigenvalue weighted by atomic mass is 10.3. The van der Waals surface area contributed by atoms with Crippen LogP contribution in [0.3, 0.4) is 0 Å². The summed E-state index contributed by atoms with van der Waals surface area (Å²) in [5, 5.41) is 0.235. The zero-order valence-electron chi connectivity index (χ0n) is 12.4. The minimum absolute atomic E-state index is 0.0141.